The Morgan fingerprint density at radius 3 is 2.32 bits per heavy atom. The van der Waals surface area contributed by atoms with Gasteiger partial charge in [0.1, 0.15) is 6.17 Å². The second-order valence-electron chi connectivity index (χ2n) is 4.91. The predicted octanol–water partition coefficient (Wildman–Crippen LogP) is 4.79. The van der Waals surface area contributed by atoms with E-state index >= 15 is 0 Å². The van der Waals surface area contributed by atoms with E-state index < -0.39 is 20.8 Å². The number of rotatable bonds is 5. The van der Waals surface area contributed by atoms with Gasteiger partial charge in [0.2, 0.25) is 3.79 Å². The van der Waals surface area contributed by atoms with E-state index in [1.165, 1.54) is 18.2 Å². The van der Waals surface area contributed by atoms with Crippen LogP contribution in [0.3, 0.4) is 0 Å². The van der Waals surface area contributed by atoms with Gasteiger partial charge >= 0.3 is 0 Å². The fraction of sp³-hybridized carbons (Fsp3) is 0.133. The van der Waals surface area contributed by atoms with E-state index in [4.69, 9.17) is 46.4 Å². The minimum Gasteiger partial charge on any atom is -0.362 e. The lowest BCUT2D eigenvalue weighted by atomic mass is 10.2. The molecule has 2 aromatic carbocycles. The maximum absolute atomic E-state index is 12.4. The summed E-state index contributed by atoms with van der Waals surface area (Å²) in [6.07, 6.45) is -1.09. The van der Waals surface area contributed by atoms with Crippen LogP contribution in [0, 0.1) is 10.1 Å². The van der Waals surface area contributed by atoms with Gasteiger partial charge in [-0.25, -0.2) is 0 Å². The first-order valence-electron chi connectivity index (χ1n) is 6.81. The molecule has 0 fully saturated rings. The summed E-state index contributed by atoms with van der Waals surface area (Å²) in [6, 6.07) is 11.8. The van der Waals surface area contributed by atoms with Crippen molar-refractivity contribution in [3.8, 4) is 0 Å². The number of alkyl halides is 3. The maximum atomic E-state index is 12.4. The third-order valence-electron chi connectivity index (χ3n) is 3.08. The molecular formula is C15H11Cl4N3O3. The zero-order valence-electron chi connectivity index (χ0n) is 12.4. The highest BCUT2D eigenvalue weighted by Gasteiger charge is 2.34. The first-order valence-corrected chi connectivity index (χ1v) is 8.32. The molecule has 25 heavy (non-hydrogen) atoms. The van der Waals surface area contributed by atoms with E-state index in [1.807, 2.05) is 0 Å². The molecule has 10 heteroatoms. The van der Waals surface area contributed by atoms with Gasteiger partial charge in [0, 0.05) is 28.4 Å². The Kier molecular flexibility index (Phi) is 6.35. The van der Waals surface area contributed by atoms with Crippen LogP contribution >= 0.6 is 46.4 Å². The molecule has 0 unspecified atom stereocenters. The Bertz CT molecular complexity index is 778. The number of hydrogen-bond acceptors (Lipinski definition) is 4. The molecule has 0 heterocycles. The smallest absolute Gasteiger partial charge is 0.270 e. The summed E-state index contributed by atoms with van der Waals surface area (Å²) in [5, 5.41) is 16.7. The summed E-state index contributed by atoms with van der Waals surface area (Å²) in [7, 11) is 0. The van der Waals surface area contributed by atoms with Crippen molar-refractivity contribution in [3.63, 3.8) is 0 Å². The van der Waals surface area contributed by atoms with Crippen molar-refractivity contribution in [1.82, 2.24) is 5.32 Å². The number of benzene rings is 2. The molecule has 0 aromatic heterocycles. The van der Waals surface area contributed by atoms with Gasteiger partial charge in [-0.1, -0.05) is 52.5 Å². The van der Waals surface area contributed by atoms with E-state index in [2.05, 4.69) is 10.6 Å². The number of amides is 1. The standard InChI is InChI=1S/C15H11Cl4N3O3/c16-10-4-6-11(7-5-10)20-14(15(17,18)19)21-13(23)9-2-1-3-12(8-9)22(24)25/h1-8,14,20H,(H,21,23)/t14-/m1/s1. The van der Waals surface area contributed by atoms with Crippen molar-refractivity contribution in [1.29, 1.82) is 0 Å². The molecule has 0 spiro atoms. The Morgan fingerprint density at radius 2 is 1.76 bits per heavy atom. The van der Waals surface area contributed by atoms with Gasteiger partial charge in [-0.3, -0.25) is 14.9 Å². The van der Waals surface area contributed by atoms with Gasteiger partial charge in [0.25, 0.3) is 11.6 Å². The van der Waals surface area contributed by atoms with E-state index in [9.17, 15) is 14.9 Å². The zero-order valence-corrected chi connectivity index (χ0v) is 15.4. The van der Waals surface area contributed by atoms with E-state index in [0.717, 1.165) is 6.07 Å². The molecule has 2 N–H and O–H groups in total. The Hall–Kier alpha value is -1.73. The summed E-state index contributed by atoms with van der Waals surface area (Å²) >= 11 is 23.6. The van der Waals surface area contributed by atoms with Crippen molar-refractivity contribution in [2.75, 3.05) is 5.32 Å². The number of nitrogens with zero attached hydrogens (tertiary/aromatic N) is 1. The van der Waals surface area contributed by atoms with Crippen LogP contribution in [0.1, 0.15) is 10.4 Å². The Balaban J connectivity index is 2.19. The largest absolute Gasteiger partial charge is 0.362 e. The highest BCUT2D eigenvalue weighted by Crippen LogP contribution is 2.31. The van der Waals surface area contributed by atoms with Crippen LogP contribution in [0.15, 0.2) is 48.5 Å². The van der Waals surface area contributed by atoms with Crippen LogP contribution in [0.4, 0.5) is 11.4 Å². The second kappa shape index (κ2) is 8.10. The van der Waals surface area contributed by atoms with Crippen LogP contribution in [-0.4, -0.2) is 20.8 Å². The predicted molar refractivity (Wildman–Crippen MR) is 99.7 cm³/mol. The number of carbonyl (C=O) groups excluding carboxylic acids is 1. The summed E-state index contributed by atoms with van der Waals surface area (Å²) in [6.45, 7) is 0. The van der Waals surface area contributed by atoms with Gasteiger partial charge in [-0.05, 0) is 30.3 Å². The fourth-order valence-corrected chi connectivity index (χ4v) is 2.34. The zero-order chi connectivity index (χ0) is 18.6. The van der Waals surface area contributed by atoms with Crippen LogP contribution in [0.25, 0.3) is 0 Å². The van der Waals surface area contributed by atoms with E-state index in [-0.39, 0.29) is 11.3 Å². The molecule has 2 aromatic rings. The topological polar surface area (TPSA) is 84.3 Å². The van der Waals surface area contributed by atoms with Gasteiger partial charge in [-0.15, -0.1) is 0 Å². The summed E-state index contributed by atoms with van der Waals surface area (Å²) in [4.78, 5) is 22.6. The van der Waals surface area contributed by atoms with Crippen molar-refractivity contribution in [2.24, 2.45) is 0 Å². The minimum absolute atomic E-state index is 0.0614. The lowest BCUT2D eigenvalue weighted by Gasteiger charge is -2.27. The molecule has 0 saturated carbocycles. The van der Waals surface area contributed by atoms with E-state index in [0.29, 0.717) is 10.7 Å². The lowest BCUT2D eigenvalue weighted by molar-refractivity contribution is -0.384. The molecule has 1 amide bonds. The highest BCUT2D eigenvalue weighted by molar-refractivity contribution is 6.68. The van der Waals surface area contributed by atoms with Gasteiger partial charge in [-0.2, -0.15) is 0 Å². The molecule has 1 atom stereocenters. The van der Waals surface area contributed by atoms with Crippen LogP contribution < -0.4 is 10.6 Å². The number of hydrogen-bond donors (Lipinski definition) is 2. The third-order valence-corrected chi connectivity index (χ3v) is 3.98. The van der Waals surface area contributed by atoms with Crippen LogP contribution in [0.5, 0.6) is 0 Å². The Labute approximate surface area is 163 Å². The van der Waals surface area contributed by atoms with Crippen LogP contribution in [-0.2, 0) is 0 Å². The molecule has 0 saturated heterocycles. The average molecular weight is 423 g/mol. The van der Waals surface area contributed by atoms with Crippen LogP contribution in [0.2, 0.25) is 5.02 Å². The molecule has 6 nitrogen and oxygen atoms in total. The molecule has 0 aliphatic carbocycles. The van der Waals surface area contributed by atoms with E-state index in [1.54, 1.807) is 24.3 Å². The molecule has 0 radical (unpaired) electrons. The molecule has 2 rings (SSSR count). The van der Waals surface area contributed by atoms with Crippen molar-refractivity contribution >= 4 is 63.7 Å². The second-order valence-corrected chi connectivity index (χ2v) is 7.71. The number of non-ortho nitro benzene ring substituents is 1. The van der Waals surface area contributed by atoms with Crippen molar-refractivity contribution < 1.29 is 9.72 Å². The first-order chi connectivity index (χ1) is 11.7. The molecule has 0 aliphatic heterocycles. The maximum Gasteiger partial charge on any atom is 0.270 e. The number of nitro groups is 1. The van der Waals surface area contributed by atoms with Gasteiger partial charge in [0.05, 0.1) is 4.92 Å². The summed E-state index contributed by atoms with van der Waals surface area (Å²) in [5.74, 6) is -0.638. The number of nitrogens with one attached hydrogen (secondary N) is 2. The number of nitro benzene ring substituents is 1. The molecule has 0 bridgehead atoms. The monoisotopic (exact) mass is 421 g/mol. The molecular weight excluding hydrogens is 412 g/mol. The SMILES string of the molecule is O=C(N[C@@H](Nc1ccc(Cl)cc1)C(Cl)(Cl)Cl)c1cccc([N+](=O)[O-])c1. The van der Waals surface area contributed by atoms with Gasteiger partial charge in [0.15, 0.2) is 0 Å². The van der Waals surface area contributed by atoms with Gasteiger partial charge < -0.3 is 10.6 Å². The fourth-order valence-electron chi connectivity index (χ4n) is 1.89. The third kappa shape index (κ3) is 5.64. The number of halogens is 4. The van der Waals surface area contributed by atoms with Crippen molar-refractivity contribution in [3.05, 3.63) is 69.2 Å². The molecule has 0 aliphatic rings. The first kappa shape index (κ1) is 19.6. The molecule has 132 valence electrons. The Morgan fingerprint density at radius 1 is 1.12 bits per heavy atom. The normalized spacial score (nSPS) is 12.3. The average Bonchev–Trinajstić information content (AvgIpc) is 2.55. The summed E-state index contributed by atoms with van der Waals surface area (Å²) in [5.41, 5.74) is 0.398. The minimum atomic E-state index is -1.88. The highest BCUT2D eigenvalue weighted by atomic mass is 35.6. The van der Waals surface area contributed by atoms with Crippen molar-refractivity contribution in [2.45, 2.75) is 9.96 Å². The lowest BCUT2D eigenvalue weighted by Crippen LogP contribution is -2.49. The summed E-state index contributed by atoms with van der Waals surface area (Å²) < 4.78 is -1.88. The number of anilines is 1. The number of carbonyl (C=O) groups is 1. The quantitative estimate of drug-likeness (QED) is 0.314.